The van der Waals surface area contributed by atoms with E-state index in [1.165, 1.54) is 6.07 Å². The van der Waals surface area contributed by atoms with E-state index in [1.807, 2.05) is 18.5 Å². The van der Waals surface area contributed by atoms with Gasteiger partial charge in [-0.15, -0.1) is 0 Å². The van der Waals surface area contributed by atoms with Crippen molar-refractivity contribution in [3.05, 3.63) is 45.9 Å². The number of nitrogens with zero attached hydrogens (tertiary/aromatic N) is 2. The van der Waals surface area contributed by atoms with Crippen LogP contribution in [-0.4, -0.2) is 16.9 Å². The zero-order valence-corrected chi connectivity index (χ0v) is 13.2. The Morgan fingerprint density at radius 3 is 2.65 bits per heavy atom. The fourth-order valence-corrected chi connectivity index (χ4v) is 2.48. The molecule has 0 fully saturated rings. The predicted molar refractivity (Wildman–Crippen MR) is 79.3 cm³/mol. The van der Waals surface area contributed by atoms with Crippen LogP contribution in [0.2, 0.25) is 0 Å². The first-order valence-electron chi connectivity index (χ1n) is 6.27. The van der Waals surface area contributed by atoms with Crippen LogP contribution in [0.3, 0.4) is 0 Å². The Kier molecular flexibility index (Phi) is 4.45. The zero-order chi connectivity index (χ0) is 14.9. The maximum absolute atomic E-state index is 13.3. The predicted octanol–water partition coefficient (Wildman–Crippen LogP) is 3.42. The van der Waals surface area contributed by atoms with Crippen molar-refractivity contribution >= 4 is 15.9 Å². The molecule has 4 nitrogen and oxygen atoms in total. The molecule has 1 heterocycles. The lowest BCUT2D eigenvalue weighted by Crippen LogP contribution is -2.19. The monoisotopic (exact) mass is 341 g/mol. The van der Waals surface area contributed by atoms with Gasteiger partial charge in [0, 0.05) is 6.04 Å². The van der Waals surface area contributed by atoms with Crippen molar-refractivity contribution in [1.29, 1.82) is 0 Å². The van der Waals surface area contributed by atoms with Crippen LogP contribution in [0, 0.1) is 5.82 Å². The molecular weight excluding hydrogens is 325 g/mol. The minimum absolute atomic E-state index is 0.156. The molecule has 2 N–H and O–H groups in total. The second-order valence-electron chi connectivity index (χ2n) is 4.79. The highest BCUT2D eigenvalue weighted by Gasteiger charge is 2.22. The lowest BCUT2D eigenvalue weighted by atomic mass is 10.0. The summed E-state index contributed by atoms with van der Waals surface area (Å²) >= 11 is 3.18. The number of hydrogen-bond acceptors (Lipinski definition) is 3. The van der Waals surface area contributed by atoms with Crippen LogP contribution in [0.25, 0.3) is 0 Å². The number of nitrogens with two attached hydrogens (primary N) is 1. The summed E-state index contributed by atoms with van der Waals surface area (Å²) in [5.41, 5.74) is 7.88. The van der Waals surface area contributed by atoms with E-state index in [-0.39, 0.29) is 11.9 Å². The van der Waals surface area contributed by atoms with Crippen molar-refractivity contribution in [3.8, 4) is 5.75 Å². The lowest BCUT2D eigenvalue weighted by molar-refractivity contribution is 0.401. The number of rotatable bonds is 4. The van der Waals surface area contributed by atoms with Crippen molar-refractivity contribution < 1.29 is 9.13 Å². The Morgan fingerprint density at radius 2 is 2.10 bits per heavy atom. The molecule has 1 unspecified atom stereocenters. The van der Waals surface area contributed by atoms with Crippen molar-refractivity contribution in [1.82, 2.24) is 9.78 Å². The van der Waals surface area contributed by atoms with Crippen LogP contribution in [0.4, 0.5) is 4.39 Å². The molecule has 108 valence electrons. The van der Waals surface area contributed by atoms with Gasteiger partial charge in [-0.25, -0.2) is 4.39 Å². The smallest absolute Gasteiger partial charge is 0.161 e. The van der Waals surface area contributed by atoms with Gasteiger partial charge in [-0.05, 0) is 47.5 Å². The SMILES string of the molecule is COc1cnn(C(C)C)c1C(N)c1ccc(F)c(Br)c1. The minimum atomic E-state index is -0.438. The summed E-state index contributed by atoms with van der Waals surface area (Å²) in [6.07, 6.45) is 1.65. The van der Waals surface area contributed by atoms with E-state index in [1.54, 1.807) is 25.4 Å². The van der Waals surface area contributed by atoms with Gasteiger partial charge >= 0.3 is 0 Å². The van der Waals surface area contributed by atoms with Crippen molar-refractivity contribution in [2.75, 3.05) is 7.11 Å². The third-order valence-electron chi connectivity index (χ3n) is 3.11. The summed E-state index contributed by atoms with van der Waals surface area (Å²) in [6.45, 7) is 4.03. The van der Waals surface area contributed by atoms with Gasteiger partial charge in [-0.1, -0.05) is 6.07 Å². The molecule has 0 amide bonds. The molecular formula is C14H17BrFN3O. The molecule has 0 radical (unpaired) electrons. The summed E-state index contributed by atoms with van der Waals surface area (Å²) in [4.78, 5) is 0. The summed E-state index contributed by atoms with van der Waals surface area (Å²) < 4.78 is 20.9. The van der Waals surface area contributed by atoms with Crippen LogP contribution >= 0.6 is 15.9 Å². The summed E-state index contributed by atoms with van der Waals surface area (Å²) in [5, 5.41) is 4.30. The highest BCUT2D eigenvalue weighted by atomic mass is 79.9. The number of benzene rings is 1. The highest BCUT2D eigenvalue weighted by molar-refractivity contribution is 9.10. The van der Waals surface area contributed by atoms with E-state index in [9.17, 15) is 4.39 Å². The summed E-state index contributed by atoms with van der Waals surface area (Å²) in [5.74, 6) is 0.317. The van der Waals surface area contributed by atoms with Gasteiger partial charge in [0.15, 0.2) is 5.75 Å². The maximum atomic E-state index is 13.3. The number of ether oxygens (including phenoxy) is 1. The van der Waals surface area contributed by atoms with E-state index in [4.69, 9.17) is 10.5 Å². The highest BCUT2D eigenvalue weighted by Crippen LogP contribution is 2.31. The van der Waals surface area contributed by atoms with Crippen LogP contribution in [0.1, 0.15) is 37.2 Å². The Hall–Kier alpha value is -1.40. The van der Waals surface area contributed by atoms with Crippen LogP contribution in [0.5, 0.6) is 5.75 Å². The average molecular weight is 342 g/mol. The molecule has 1 aromatic heterocycles. The molecule has 0 saturated carbocycles. The fraction of sp³-hybridized carbons (Fsp3) is 0.357. The Bertz CT molecular complexity index is 612. The second kappa shape index (κ2) is 5.93. The molecule has 2 rings (SSSR count). The van der Waals surface area contributed by atoms with Gasteiger partial charge in [0.25, 0.3) is 0 Å². The van der Waals surface area contributed by atoms with Gasteiger partial charge < -0.3 is 10.5 Å². The lowest BCUT2D eigenvalue weighted by Gasteiger charge is -2.18. The van der Waals surface area contributed by atoms with Gasteiger partial charge in [-0.3, -0.25) is 4.68 Å². The molecule has 0 aliphatic carbocycles. The van der Waals surface area contributed by atoms with E-state index in [0.29, 0.717) is 10.2 Å². The molecule has 1 atom stereocenters. The first-order chi connectivity index (χ1) is 9.45. The van der Waals surface area contributed by atoms with Gasteiger partial charge in [-0.2, -0.15) is 5.10 Å². The number of methoxy groups -OCH3 is 1. The van der Waals surface area contributed by atoms with Crippen molar-refractivity contribution in [2.45, 2.75) is 25.9 Å². The van der Waals surface area contributed by atoms with Crippen molar-refractivity contribution in [2.24, 2.45) is 5.73 Å². The molecule has 0 bridgehead atoms. The second-order valence-corrected chi connectivity index (χ2v) is 5.64. The summed E-state index contributed by atoms with van der Waals surface area (Å²) in [7, 11) is 1.58. The fourth-order valence-electron chi connectivity index (χ4n) is 2.08. The Morgan fingerprint density at radius 1 is 1.40 bits per heavy atom. The van der Waals surface area contributed by atoms with E-state index in [0.717, 1.165) is 11.3 Å². The van der Waals surface area contributed by atoms with E-state index in [2.05, 4.69) is 21.0 Å². The maximum Gasteiger partial charge on any atom is 0.161 e. The third-order valence-corrected chi connectivity index (χ3v) is 3.71. The van der Waals surface area contributed by atoms with E-state index < -0.39 is 6.04 Å². The zero-order valence-electron chi connectivity index (χ0n) is 11.6. The molecule has 2 aromatic rings. The van der Waals surface area contributed by atoms with Crippen LogP contribution < -0.4 is 10.5 Å². The minimum Gasteiger partial charge on any atom is -0.493 e. The molecule has 0 aliphatic rings. The largest absolute Gasteiger partial charge is 0.493 e. The number of hydrogen-bond donors (Lipinski definition) is 1. The average Bonchev–Trinajstić information content (AvgIpc) is 2.85. The Balaban J connectivity index is 2.49. The molecule has 1 aromatic carbocycles. The van der Waals surface area contributed by atoms with Gasteiger partial charge in [0.05, 0.1) is 23.8 Å². The van der Waals surface area contributed by atoms with Gasteiger partial charge in [0.2, 0.25) is 0 Å². The van der Waals surface area contributed by atoms with Gasteiger partial charge in [0.1, 0.15) is 11.5 Å². The standard InChI is InChI=1S/C14H17BrFN3O/c1-8(2)19-14(12(20-3)7-18-19)13(17)9-4-5-11(16)10(15)6-9/h4-8,13H,17H2,1-3H3. The van der Waals surface area contributed by atoms with E-state index >= 15 is 0 Å². The Labute approximate surface area is 125 Å². The van der Waals surface area contributed by atoms with Crippen LogP contribution in [0.15, 0.2) is 28.9 Å². The van der Waals surface area contributed by atoms with Crippen LogP contribution in [-0.2, 0) is 0 Å². The summed E-state index contributed by atoms with van der Waals surface area (Å²) in [6, 6.07) is 4.46. The topological polar surface area (TPSA) is 53.1 Å². The quantitative estimate of drug-likeness (QED) is 0.926. The number of aromatic nitrogens is 2. The molecule has 0 spiro atoms. The first kappa shape index (κ1) is 15.0. The molecule has 0 aliphatic heterocycles. The number of halogens is 2. The first-order valence-corrected chi connectivity index (χ1v) is 7.07. The molecule has 6 heteroatoms. The van der Waals surface area contributed by atoms with Crippen molar-refractivity contribution in [3.63, 3.8) is 0 Å². The molecule has 0 saturated heterocycles. The normalized spacial score (nSPS) is 12.8. The molecule has 20 heavy (non-hydrogen) atoms. The third kappa shape index (κ3) is 2.71.